The van der Waals surface area contributed by atoms with E-state index < -0.39 is 29.1 Å². The Morgan fingerprint density at radius 3 is 2.52 bits per heavy atom. The van der Waals surface area contributed by atoms with E-state index in [1.807, 2.05) is 20.8 Å². The molecule has 0 aromatic heterocycles. The van der Waals surface area contributed by atoms with E-state index in [4.69, 9.17) is 14.2 Å². The van der Waals surface area contributed by atoms with Crippen LogP contribution in [0.25, 0.3) is 0 Å². The summed E-state index contributed by atoms with van der Waals surface area (Å²) in [6.07, 6.45) is 1.92. The van der Waals surface area contributed by atoms with Crippen LogP contribution in [-0.2, 0) is 14.2 Å². The molecule has 0 amide bonds. The van der Waals surface area contributed by atoms with Gasteiger partial charge < -0.3 is 14.2 Å². The molecular weight excluding hydrogens is 278 g/mol. The fourth-order valence-electron chi connectivity index (χ4n) is 3.91. The molecule has 2 aliphatic heterocycles. The van der Waals surface area contributed by atoms with Crippen LogP contribution in [0.15, 0.2) is 11.6 Å². The van der Waals surface area contributed by atoms with Gasteiger partial charge in [0.25, 0.3) is 5.92 Å². The zero-order valence-electron chi connectivity index (χ0n) is 13.1. The van der Waals surface area contributed by atoms with Crippen LogP contribution < -0.4 is 0 Å². The number of ether oxygens (including phenoxy) is 3. The van der Waals surface area contributed by atoms with E-state index in [1.165, 1.54) is 12.7 Å². The first-order valence-corrected chi connectivity index (χ1v) is 7.61. The second-order valence-corrected chi connectivity index (χ2v) is 7.06. The predicted molar refractivity (Wildman–Crippen MR) is 74.5 cm³/mol. The fraction of sp³-hybridized carbons (Fsp3) is 0.875. The number of rotatable bonds is 4. The van der Waals surface area contributed by atoms with Crippen molar-refractivity contribution in [2.75, 3.05) is 13.7 Å². The van der Waals surface area contributed by atoms with Crippen molar-refractivity contribution >= 4 is 0 Å². The first-order valence-electron chi connectivity index (χ1n) is 7.61. The zero-order chi connectivity index (χ0) is 15.5. The topological polar surface area (TPSA) is 34.3 Å². The Hall–Kier alpha value is -0.520. The SMILES string of the molecule is CO[C@H]1C([C@@]2(C)O[C@@H]2CC=C(C)C)[C@]2(CCC1(F)F)CO2. The van der Waals surface area contributed by atoms with Gasteiger partial charge in [-0.2, -0.15) is 0 Å². The maximum atomic E-state index is 14.2. The van der Waals surface area contributed by atoms with Crippen molar-refractivity contribution in [2.24, 2.45) is 5.92 Å². The van der Waals surface area contributed by atoms with E-state index in [1.54, 1.807) is 0 Å². The van der Waals surface area contributed by atoms with Crippen LogP contribution in [0.4, 0.5) is 8.78 Å². The molecule has 0 radical (unpaired) electrons. The van der Waals surface area contributed by atoms with Crippen LogP contribution in [0.2, 0.25) is 0 Å². The minimum absolute atomic E-state index is 0.0231. The van der Waals surface area contributed by atoms with E-state index in [2.05, 4.69) is 6.08 Å². The molecule has 1 spiro atoms. The van der Waals surface area contributed by atoms with Crippen molar-refractivity contribution in [1.29, 1.82) is 0 Å². The molecule has 0 N–H and O–H groups in total. The molecule has 0 aromatic rings. The summed E-state index contributed by atoms with van der Waals surface area (Å²) >= 11 is 0. The Morgan fingerprint density at radius 1 is 1.33 bits per heavy atom. The predicted octanol–water partition coefficient (Wildman–Crippen LogP) is 3.33. The van der Waals surface area contributed by atoms with Gasteiger partial charge in [-0.05, 0) is 33.6 Å². The highest BCUT2D eigenvalue weighted by atomic mass is 19.3. The minimum atomic E-state index is -2.81. The molecule has 3 fully saturated rings. The monoisotopic (exact) mass is 302 g/mol. The summed E-state index contributed by atoms with van der Waals surface area (Å²) < 4.78 is 45.2. The quantitative estimate of drug-likeness (QED) is 0.590. The standard InChI is InChI=1S/C16H24F2O3/c1-10(2)5-6-11-14(3,21-11)12-13(19-4)16(17,18)8-7-15(12)9-20-15/h5,11-13H,6-9H2,1-4H3/t11-,12?,13+,14+,15+/m1/s1. The van der Waals surface area contributed by atoms with E-state index in [-0.39, 0.29) is 12.5 Å². The van der Waals surface area contributed by atoms with Gasteiger partial charge in [0.05, 0.1) is 18.6 Å². The van der Waals surface area contributed by atoms with Gasteiger partial charge in [0.15, 0.2) is 0 Å². The number of allylic oxidation sites excluding steroid dienone is 1. The minimum Gasteiger partial charge on any atom is -0.375 e. The lowest BCUT2D eigenvalue weighted by Gasteiger charge is -2.42. The number of methoxy groups -OCH3 is 1. The maximum absolute atomic E-state index is 14.2. The van der Waals surface area contributed by atoms with Crippen LogP contribution >= 0.6 is 0 Å². The smallest absolute Gasteiger partial charge is 0.274 e. The fourth-order valence-corrected chi connectivity index (χ4v) is 3.91. The number of hydrogen-bond donors (Lipinski definition) is 0. The molecule has 120 valence electrons. The molecule has 5 atom stereocenters. The van der Waals surface area contributed by atoms with Gasteiger partial charge in [-0.1, -0.05) is 11.6 Å². The molecular formula is C16H24F2O3. The first kappa shape index (κ1) is 15.4. The van der Waals surface area contributed by atoms with Gasteiger partial charge in [-0.15, -0.1) is 0 Å². The third kappa shape index (κ3) is 2.43. The molecule has 0 aromatic carbocycles. The number of hydrogen-bond acceptors (Lipinski definition) is 3. The molecule has 3 aliphatic rings. The summed E-state index contributed by atoms with van der Waals surface area (Å²) in [6.45, 7) is 6.52. The Morgan fingerprint density at radius 2 is 2.00 bits per heavy atom. The van der Waals surface area contributed by atoms with Gasteiger partial charge in [-0.25, -0.2) is 8.78 Å². The molecule has 3 nitrogen and oxygen atoms in total. The summed E-state index contributed by atoms with van der Waals surface area (Å²) in [6, 6.07) is 0. The van der Waals surface area contributed by atoms with E-state index in [0.29, 0.717) is 13.0 Å². The summed E-state index contributed by atoms with van der Waals surface area (Å²) in [4.78, 5) is 0. The maximum Gasteiger partial charge on any atom is 0.274 e. The van der Waals surface area contributed by atoms with Gasteiger partial charge in [0.2, 0.25) is 0 Å². The molecule has 21 heavy (non-hydrogen) atoms. The molecule has 2 saturated heterocycles. The lowest BCUT2D eigenvalue weighted by Crippen LogP contribution is -2.57. The lowest BCUT2D eigenvalue weighted by atomic mass is 9.68. The average Bonchev–Trinajstić information content (AvgIpc) is 3.29. The molecule has 1 saturated carbocycles. The van der Waals surface area contributed by atoms with Crippen molar-refractivity contribution in [3.8, 4) is 0 Å². The van der Waals surface area contributed by atoms with Crippen molar-refractivity contribution < 1.29 is 23.0 Å². The number of epoxide rings is 2. The summed E-state index contributed by atoms with van der Waals surface area (Å²) in [5, 5.41) is 0. The highest BCUT2D eigenvalue weighted by Crippen LogP contribution is 2.61. The molecule has 3 rings (SSSR count). The second kappa shape index (κ2) is 4.74. The van der Waals surface area contributed by atoms with Crippen LogP contribution in [-0.4, -0.2) is 43.0 Å². The van der Waals surface area contributed by atoms with Gasteiger partial charge in [-0.3, -0.25) is 0 Å². The average molecular weight is 302 g/mol. The summed E-state index contributed by atoms with van der Waals surface area (Å²) in [5.74, 6) is -3.22. The molecule has 5 heteroatoms. The van der Waals surface area contributed by atoms with Crippen LogP contribution in [0.5, 0.6) is 0 Å². The molecule has 2 heterocycles. The zero-order valence-corrected chi connectivity index (χ0v) is 13.1. The molecule has 1 unspecified atom stereocenters. The third-order valence-corrected chi connectivity index (χ3v) is 5.27. The van der Waals surface area contributed by atoms with Crippen molar-refractivity contribution in [2.45, 2.75) is 69.4 Å². The normalized spacial score (nSPS) is 47.2. The number of alkyl halides is 2. The summed E-state index contributed by atoms with van der Waals surface area (Å²) in [7, 11) is 1.36. The van der Waals surface area contributed by atoms with Crippen molar-refractivity contribution in [1.82, 2.24) is 0 Å². The molecule has 1 aliphatic carbocycles. The van der Waals surface area contributed by atoms with Gasteiger partial charge >= 0.3 is 0 Å². The molecule has 0 bridgehead atoms. The highest BCUT2D eigenvalue weighted by Gasteiger charge is 2.74. The van der Waals surface area contributed by atoms with Gasteiger partial charge in [0, 0.05) is 13.5 Å². The van der Waals surface area contributed by atoms with Crippen molar-refractivity contribution in [3.05, 3.63) is 11.6 Å². The Kier molecular flexibility index (Phi) is 3.47. The Labute approximate surface area is 124 Å². The van der Waals surface area contributed by atoms with E-state index in [9.17, 15) is 8.78 Å². The van der Waals surface area contributed by atoms with Crippen LogP contribution in [0.3, 0.4) is 0 Å². The summed E-state index contributed by atoms with van der Waals surface area (Å²) in [5.41, 5.74) is 0.173. The van der Waals surface area contributed by atoms with Crippen LogP contribution in [0, 0.1) is 5.92 Å². The Balaban J connectivity index is 1.83. The van der Waals surface area contributed by atoms with Crippen LogP contribution in [0.1, 0.15) is 40.0 Å². The first-order chi connectivity index (χ1) is 9.75. The van der Waals surface area contributed by atoms with Gasteiger partial charge in [0.1, 0.15) is 17.3 Å². The highest BCUT2D eigenvalue weighted by molar-refractivity contribution is 5.21. The van der Waals surface area contributed by atoms with E-state index in [0.717, 1.165) is 6.42 Å². The second-order valence-electron chi connectivity index (χ2n) is 7.06. The number of halogens is 2. The Bertz CT molecular complexity index is 454. The van der Waals surface area contributed by atoms with Crippen molar-refractivity contribution in [3.63, 3.8) is 0 Å². The lowest BCUT2D eigenvalue weighted by molar-refractivity contribution is -0.197. The third-order valence-electron chi connectivity index (χ3n) is 5.27. The van der Waals surface area contributed by atoms with E-state index >= 15 is 0 Å². The largest absolute Gasteiger partial charge is 0.375 e.